The molecule has 1 N–H and O–H groups in total. The number of ether oxygens (including phenoxy) is 2. The maximum atomic E-state index is 5.85. The van der Waals surface area contributed by atoms with Crippen LogP contribution in [0.2, 0.25) is 0 Å². The molecule has 4 heteroatoms. The van der Waals surface area contributed by atoms with Gasteiger partial charge in [-0.1, -0.05) is 6.07 Å². The minimum absolute atomic E-state index is 0.255. The largest absolute Gasteiger partial charge is 0.497 e. The molecule has 0 aliphatic carbocycles. The van der Waals surface area contributed by atoms with E-state index in [2.05, 4.69) is 17.1 Å². The summed E-state index contributed by atoms with van der Waals surface area (Å²) >= 11 is 0. The lowest BCUT2D eigenvalue weighted by Gasteiger charge is -2.18. The predicted octanol–water partition coefficient (Wildman–Crippen LogP) is 1.92. The van der Waals surface area contributed by atoms with Crippen LogP contribution in [0.1, 0.15) is 18.5 Å². The SMILES string of the molecule is CNC(C)c1ccc(OC)cc1OCCN(C)C. The Balaban J connectivity index is 2.82. The smallest absolute Gasteiger partial charge is 0.127 e. The first-order valence-electron chi connectivity index (χ1n) is 6.21. The molecule has 0 aromatic heterocycles. The lowest BCUT2D eigenvalue weighted by Crippen LogP contribution is -2.20. The molecule has 0 spiro atoms. The highest BCUT2D eigenvalue weighted by Gasteiger charge is 2.11. The molecule has 0 fully saturated rings. The molecule has 0 saturated heterocycles. The summed E-state index contributed by atoms with van der Waals surface area (Å²) in [6.07, 6.45) is 0. The molecule has 0 aliphatic heterocycles. The molecule has 0 heterocycles. The Morgan fingerprint density at radius 3 is 2.61 bits per heavy atom. The van der Waals surface area contributed by atoms with E-state index in [-0.39, 0.29) is 6.04 Å². The zero-order chi connectivity index (χ0) is 13.5. The van der Waals surface area contributed by atoms with E-state index in [0.717, 1.165) is 23.6 Å². The minimum Gasteiger partial charge on any atom is -0.497 e. The summed E-state index contributed by atoms with van der Waals surface area (Å²) < 4.78 is 11.1. The second-order valence-corrected chi connectivity index (χ2v) is 4.57. The van der Waals surface area contributed by atoms with Gasteiger partial charge in [-0.3, -0.25) is 0 Å². The van der Waals surface area contributed by atoms with Gasteiger partial charge in [0.05, 0.1) is 7.11 Å². The second-order valence-electron chi connectivity index (χ2n) is 4.57. The third-order valence-corrected chi connectivity index (χ3v) is 2.92. The molecule has 0 aliphatic rings. The molecule has 0 radical (unpaired) electrons. The fourth-order valence-electron chi connectivity index (χ4n) is 1.62. The van der Waals surface area contributed by atoms with Gasteiger partial charge in [0, 0.05) is 24.2 Å². The molecule has 102 valence electrons. The number of nitrogens with one attached hydrogen (secondary N) is 1. The van der Waals surface area contributed by atoms with Crippen LogP contribution in [0, 0.1) is 0 Å². The zero-order valence-corrected chi connectivity index (χ0v) is 12.0. The lowest BCUT2D eigenvalue weighted by molar-refractivity contribution is 0.257. The predicted molar refractivity (Wildman–Crippen MR) is 74.5 cm³/mol. The molecule has 0 bridgehead atoms. The Bertz CT molecular complexity index is 367. The number of rotatable bonds is 7. The summed E-state index contributed by atoms with van der Waals surface area (Å²) in [6.45, 7) is 3.68. The van der Waals surface area contributed by atoms with Gasteiger partial charge < -0.3 is 19.7 Å². The van der Waals surface area contributed by atoms with Crippen molar-refractivity contribution in [1.82, 2.24) is 10.2 Å². The number of benzene rings is 1. The molecular formula is C14H24N2O2. The monoisotopic (exact) mass is 252 g/mol. The summed E-state index contributed by atoms with van der Waals surface area (Å²) in [5, 5.41) is 3.23. The van der Waals surface area contributed by atoms with Crippen molar-refractivity contribution in [3.8, 4) is 11.5 Å². The van der Waals surface area contributed by atoms with Gasteiger partial charge >= 0.3 is 0 Å². The van der Waals surface area contributed by atoms with E-state index < -0.39 is 0 Å². The highest BCUT2D eigenvalue weighted by Crippen LogP contribution is 2.29. The Kier molecular flexibility index (Phi) is 5.95. The number of nitrogens with zero attached hydrogens (tertiary/aromatic N) is 1. The Morgan fingerprint density at radius 2 is 2.06 bits per heavy atom. The summed E-state index contributed by atoms with van der Waals surface area (Å²) in [7, 11) is 7.68. The van der Waals surface area contributed by atoms with Crippen LogP contribution >= 0.6 is 0 Å². The van der Waals surface area contributed by atoms with E-state index >= 15 is 0 Å². The topological polar surface area (TPSA) is 33.7 Å². The Labute approximate surface area is 110 Å². The van der Waals surface area contributed by atoms with Crippen LogP contribution in [-0.4, -0.2) is 46.3 Å². The van der Waals surface area contributed by atoms with Crippen LogP contribution < -0.4 is 14.8 Å². The third-order valence-electron chi connectivity index (χ3n) is 2.92. The highest BCUT2D eigenvalue weighted by molar-refractivity contribution is 5.42. The van der Waals surface area contributed by atoms with Crippen LogP contribution in [0.3, 0.4) is 0 Å². The van der Waals surface area contributed by atoms with Crippen LogP contribution in [-0.2, 0) is 0 Å². The molecule has 1 aromatic carbocycles. The average Bonchev–Trinajstić information content (AvgIpc) is 2.37. The van der Waals surface area contributed by atoms with Gasteiger partial charge in [0.15, 0.2) is 0 Å². The van der Waals surface area contributed by atoms with E-state index in [9.17, 15) is 0 Å². The molecule has 1 aromatic rings. The van der Waals surface area contributed by atoms with Crippen LogP contribution in [0.25, 0.3) is 0 Å². The minimum atomic E-state index is 0.255. The van der Waals surface area contributed by atoms with Gasteiger partial charge in [-0.05, 0) is 34.1 Å². The second kappa shape index (κ2) is 7.24. The van der Waals surface area contributed by atoms with Crippen molar-refractivity contribution in [2.75, 3.05) is 41.4 Å². The Morgan fingerprint density at radius 1 is 1.33 bits per heavy atom. The van der Waals surface area contributed by atoms with Gasteiger partial charge in [0.2, 0.25) is 0 Å². The lowest BCUT2D eigenvalue weighted by atomic mass is 10.1. The summed E-state index contributed by atoms with van der Waals surface area (Å²) in [5.74, 6) is 1.71. The van der Waals surface area contributed by atoms with Gasteiger partial charge in [0.25, 0.3) is 0 Å². The molecule has 4 nitrogen and oxygen atoms in total. The van der Waals surface area contributed by atoms with Gasteiger partial charge in [-0.25, -0.2) is 0 Å². The van der Waals surface area contributed by atoms with Gasteiger partial charge in [0.1, 0.15) is 18.1 Å². The quantitative estimate of drug-likeness (QED) is 0.804. The normalized spacial score (nSPS) is 12.6. The number of likely N-dealkylation sites (N-methyl/N-ethyl adjacent to an activating group) is 1. The van der Waals surface area contributed by atoms with Crippen molar-refractivity contribution in [2.24, 2.45) is 0 Å². The van der Waals surface area contributed by atoms with Crippen molar-refractivity contribution in [3.05, 3.63) is 23.8 Å². The number of methoxy groups -OCH3 is 1. The first-order chi connectivity index (χ1) is 8.58. The zero-order valence-electron chi connectivity index (χ0n) is 12.0. The average molecular weight is 252 g/mol. The first-order valence-corrected chi connectivity index (χ1v) is 6.21. The van der Waals surface area contributed by atoms with E-state index in [1.807, 2.05) is 39.3 Å². The Hall–Kier alpha value is -1.26. The van der Waals surface area contributed by atoms with Crippen molar-refractivity contribution in [2.45, 2.75) is 13.0 Å². The fraction of sp³-hybridized carbons (Fsp3) is 0.571. The summed E-state index contributed by atoms with van der Waals surface area (Å²) in [6, 6.07) is 6.21. The summed E-state index contributed by atoms with van der Waals surface area (Å²) in [5.41, 5.74) is 1.15. The maximum Gasteiger partial charge on any atom is 0.127 e. The molecule has 1 unspecified atom stereocenters. The molecule has 1 atom stereocenters. The standard InChI is InChI=1S/C14H24N2O2/c1-11(15-2)13-7-6-12(17-5)10-14(13)18-9-8-16(3)4/h6-7,10-11,15H,8-9H2,1-5H3. The van der Waals surface area contributed by atoms with E-state index in [4.69, 9.17) is 9.47 Å². The third kappa shape index (κ3) is 4.20. The van der Waals surface area contributed by atoms with Crippen molar-refractivity contribution in [1.29, 1.82) is 0 Å². The van der Waals surface area contributed by atoms with Crippen LogP contribution in [0.15, 0.2) is 18.2 Å². The van der Waals surface area contributed by atoms with Crippen LogP contribution in [0.4, 0.5) is 0 Å². The fourth-order valence-corrected chi connectivity index (χ4v) is 1.62. The van der Waals surface area contributed by atoms with Gasteiger partial charge in [-0.2, -0.15) is 0 Å². The van der Waals surface area contributed by atoms with Gasteiger partial charge in [-0.15, -0.1) is 0 Å². The van der Waals surface area contributed by atoms with Crippen molar-refractivity contribution in [3.63, 3.8) is 0 Å². The number of hydrogen-bond donors (Lipinski definition) is 1. The van der Waals surface area contributed by atoms with E-state index in [1.54, 1.807) is 7.11 Å². The molecule has 1 rings (SSSR count). The van der Waals surface area contributed by atoms with E-state index in [0.29, 0.717) is 6.61 Å². The molecule has 18 heavy (non-hydrogen) atoms. The molecule has 0 saturated carbocycles. The summed E-state index contributed by atoms with van der Waals surface area (Å²) in [4.78, 5) is 2.10. The van der Waals surface area contributed by atoms with E-state index in [1.165, 1.54) is 0 Å². The number of hydrogen-bond acceptors (Lipinski definition) is 4. The van der Waals surface area contributed by atoms with Crippen molar-refractivity contribution >= 4 is 0 Å². The van der Waals surface area contributed by atoms with Crippen LogP contribution in [0.5, 0.6) is 11.5 Å². The maximum absolute atomic E-state index is 5.85. The first kappa shape index (κ1) is 14.8. The van der Waals surface area contributed by atoms with Crippen molar-refractivity contribution < 1.29 is 9.47 Å². The highest BCUT2D eigenvalue weighted by atomic mass is 16.5. The molecule has 0 amide bonds. The molecular weight excluding hydrogens is 228 g/mol.